The third-order valence-electron chi connectivity index (χ3n) is 3.65. The Balaban J connectivity index is 2.06. The molecular formula is C9H12O. The van der Waals surface area contributed by atoms with E-state index in [0.29, 0.717) is 11.8 Å². The lowest BCUT2D eigenvalue weighted by atomic mass is 9.85. The average molecular weight is 136 g/mol. The van der Waals surface area contributed by atoms with E-state index in [2.05, 4.69) is 12.2 Å². The van der Waals surface area contributed by atoms with Crippen LogP contribution in [0.3, 0.4) is 0 Å². The molecule has 2 fully saturated rings. The molecule has 0 aromatic rings. The topological polar surface area (TPSA) is 20.2 Å². The lowest BCUT2D eigenvalue weighted by Gasteiger charge is -2.23. The van der Waals surface area contributed by atoms with Gasteiger partial charge in [0, 0.05) is 5.92 Å². The largest absolute Gasteiger partial charge is 0.392 e. The van der Waals surface area contributed by atoms with Gasteiger partial charge in [-0.3, -0.25) is 0 Å². The number of allylic oxidation sites excluding steroid dienone is 1. The number of aliphatic hydroxyl groups is 1. The summed E-state index contributed by atoms with van der Waals surface area (Å²) in [4.78, 5) is 0. The predicted molar refractivity (Wildman–Crippen MR) is 38.3 cm³/mol. The van der Waals surface area contributed by atoms with Gasteiger partial charge in [0.05, 0.1) is 6.10 Å². The molecule has 2 saturated carbocycles. The fourth-order valence-electron chi connectivity index (χ4n) is 3.18. The maximum Gasteiger partial charge on any atom is 0.0634 e. The summed E-state index contributed by atoms with van der Waals surface area (Å²) in [5, 5.41) is 9.65. The van der Waals surface area contributed by atoms with Crippen LogP contribution in [0.2, 0.25) is 0 Å². The smallest absolute Gasteiger partial charge is 0.0634 e. The second-order valence-electron chi connectivity index (χ2n) is 4.01. The van der Waals surface area contributed by atoms with Gasteiger partial charge in [0.1, 0.15) is 0 Å². The minimum Gasteiger partial charge on any atom is -0.392 e. The van der Waals surface area contributed by atoms with Crippen molar-refractivity contribution in [1.82, 2.24) is 0 Å². The predicted octanol–water partition coefficient (Wildman–Crippen LogP) is 1.19. The van der Waals surface area contributed by atoms with E-state index in [4.69, 9.17) is 0 Å². The third-order valence-corrected chi connectivity index (χ3v) is 3.65. The maximum atomic E-state index is 9.65. The van der Waals surface area contributed by atoms with Crippen molar-refractivity contribution in [2.24, 2.45) is 23.7 Å². The van der Waals surface area contributed by atoms with Gasteiger partial charge in [-0.05, 0) is 30.6 Å². The molecule has 1 nitrogen and oxygen atoms in total. The van der Waals surface area contributed by atoms with Crippen molar-refractivity contribution in [1.29, 1.82) is 0 Å². The van der Waals surface area contributed by atoms with Crippen LogP contribution in [0.5, 0.6) is 0 Å². The molecule has 5 atom stereocenters. The minimum atomic E-state index is 0.0139. The average Bonchev–Trinajstić information content (AvgIpc) is 2.43. The number of rotatable bonds is 0. The molecule has 1 heteroatoms. The molecule has 0 aliphatic heterocycles. The Kier molecular flexibility index (Phi) is 0.791. The van der Waals surface area contributed by atoms with Gasteiger partial charge in [-0.25, -0.2) is 0 Å². The molecule has 0 aromatic heterocycles. The summed E-state index contributed by atoms with van der Waals surface area (Å²) in [6.07, 6.45) is 7.14. The first-order valence-corrected chi connectivity index (χ1v) is 4.22. The molecule has 3 aliphatic carbocycles. The molecule has 0 radical (unpaired) electrons. The van der Waals surface area contributed by atoms with E-state index in [9.17, 15) is 5.11 Å². The van der Waals surface area contributed by atoms with Crippen LogP contribution < -0.4 is 0 Å². The Morgan fingerprint density at radius 1 is 1.20 bits per heavy atom. The van der Waals surface area contributed by atoms with Crippen LogP contribution in [0.15, 0.2) is 12.2 Å². The van der Waals surface area contributed by atoms with Crippen LogP contribution >= 0.6 is 0 Å². The molecule has 0 spiro atoms. The highest BCUT2D eigenvalue weighted by atomic mass is 16.3. The summed E-state index contributed by atoms with van der Waals surface area (Å²) < 4.78 is 0. The Bertz CT molecular complexity index is 197. The molecular weight excluding hydrogens is 124 g/mol. The Labute approximate surface area is 60.7 Å². The number of hydrogen-bond acceptors (Lipinski definition) is 1. The summed E-state index contributed by atoms with van der Waals surface area (Å²) >= 11 is 0. The van der Waals surface area contributed by atoms with Gasteiger partial charge in [-0.2, -0.15) is 0 Å². The fourth-order valence-corrected chi connectivity index (χ4v) is 3.18. The summed E-state index contributed by atoms with van der Waals surface area (Å²) in [5.41, 5.74) is 0. The van der Waals surface area contributed by atoms with Crippen molar-refractivity contribution in [2.75, 3.05) is 0 Å². The number of hydrogen-bond donors (Lipinski definition) is 1. The third kappa shape index (κ3) is 0.420. The van der Waals surface area contributed by atoms with E-state index >= 15 is 0 Å². The lowest BCUT2D eigenvalue weighted by molar-refractivity contribution is 0.0764. The zero-order chi connectivity index (χ0) is 6.72. The van der Waals surface area contributed by atoms with Crippen molar-refractivity contribution in [3.8, 4) is 0 Å². The molecule has 10 heavy (non-hydrogen) atoms. The summed E-state index contributed by atoms with van der Waals surface area (Å²) in [6.45, 7) is 0. The van der Waals surface area contributed by atoms with Crippen LogP contribution in [-0.4, -0.2) is 11.2 Å². The summed E-state index contributed by atoms with van der Waals surface area (Å²) in [7, 11) is 0. The fraction of sp³-hybridized carbons (Fsp3) is 0.778. The molecule has 0 saturated heterocycles. The van der Waals surface area contributed by atoms with E-state index in [1.165, 1.54) is 12.8 Å². The molecule has 0 unspecified atom stereocenters. The van der Waals surface area contributed by atoms with Gasteiger partial charge in [-0.1, -0.05) is 12.2 Å². The van der Waals surface area contributed by atoms with Crippen molar-refractivity contribution in [3.05, 3.63) is 12.2 Å². The van der Waals surface area contributed by atoms with Crippen molar-refractivity contribution >= 4 is 0 Å². The van der Waals surface area contributed by atoms with E-state index in [1.807, 2.05) is 0 Å². The molecule has 0 aromatic carbocycles. The maximum absolute atomic E-state index is 9.65. The van der Waals surface area contributed by atoms with Crippen LogP contribution in [0.4, 0.5) is 0 Å². The minimum absolute atomic E-state index is 0.0139. The van der Waals surface area contributed by atoms with Crippen LogP contribution in [0.1, 0.15) is 12.8 Å². The first-order chi connectivity index (χ1) is 4.86. The highest BCUT2D eigenvalue weighted by Crippen LogP contribution is 2.56. The van der Waals surface area contributed by atoms with Crippen molar-refractivity contribution < 1.29 is 5.11 Å². The Hall–Kier alpha value is -0.300. The summed E-state index contributed by atoms with van der Waals surface area (Å²) in [6, 6.07) is 0. The molecule has 3 rings (SSSR count). The van der Waals surface area contributed by atoms with Gasteiger partial charge >= 0.3 is 0 Å². The first kappa shape index (κ1) is 5.36. The first-order valence-electron chi connectivity index (χ1n) is 4.22. The molecule has 3 aliphatic rings. The summed E-state index contributed by atoms with van der Waals surface area (Å²) in [5.74, 6) is 2.87. The highest BCUT2D eigenvalue weighted by molar-refractivity contribution is 5.18. The molecule has 0 heterocycles. The van der Waals surface area contributed by atoms with E-state index < -0.39 is 0 Å². The highest BCUT2D eigenvalue weighted by Gasteiger charge is 2.52. The quantitative estimate of drug-likeness (QED) is 0.496. The number of aliphatic hydroxyl groups excluding tert-OH is 1. The van der Waals surface area contributed by atoms with Crippen molar-refractivity contribution in [2.45, 2.75) is 18.9 Å². The van der Waals surface area contributed by atoms with Gasteiger partial charge < -0.3 is 5.11 Å². The van der Waals surface area contributed by atoms with Gasteiger partial charge in [0.2, 0.25) is 0 Å². The lowest BCUT2D eigenvalue weighted by Crippen LogP contribution is -2.26. The Morgan fingerprint density at radius 3 is 2.80 bits per heavy atom. The molecule has 0 amide bonds. The molecule has 54 valence electrons. The van der Waals surface area contributed by atoms with E-state index in [-0.39, 0.29) is 6.10 Å². The second kappa shape index (κ2) is 1.48. The molecule has 1 N–H and O–H groups in total. The molecule has 2 bridgehead atoms. The van der Waals surface area contributed by atoms with Gasteiger partial charge in [0.25, 0.3) is 0 Å². The number of fused-ring (bicyclic) bond motifs is 1. The van der Waals surface area contributed by atoms with Gasteiger partial charge in [0.15, 0.2) is 0 Å². The normalized spacial score (nSPS) is 62.3. The monoisotopic (exact) mass is 136 g/mol. The Morgan fingerprint density at radius 2 is 2.10 bits per heavy atom. The van der Waals surface area contributed by atoms with Crippen LogP contribution in [-0.2, 0) is 0 Å². The second-order valence-corrected chi connectivity index (χ2v) is 4.01. The standard InChI is InChI=1S/C9H12O/c10-9-6-3-5-1-2-7(9)8(5)4-6/h1-2,5-10H,3-4H2/t5-,6+,7-,8+,9-/m0/s1. The van der Waals surface area contributed by atoms with E-state index in [0.717, 1.165) is 11.8 Å². The van der Waals surface area contributed by atoms with Crippen LogP contribution in [0.25, 0.3) is 0 Å². The SMILES string of the molecule is O[C@H]1[C@H]2C[C@H]3[C@@H]1C=C[C@H]3C2. The zero-order valence-electron chi connectivity index (χ0n) is 5.90. The van der Waals surface area contributed by atoms with Gasteiger partial charge in [-0.15, -0.1) is 0 Å². The van der Waals surface area contributed by atoms with Crippen LogP contribution in [0, 0.1) is 23.7 Å². The van der Waals surface area contributed by atoms with E-state index in [1.54, 1.807) is 0 Å². The van der Waals surface area contributed by atoms with Crippen molar-refractivity contribution in [3.63, 3.8) is 0 Å². The zero-order valence-corrected chi connectivity index (χ0v) is 5.90.